The minimum Gasteiger partial charge on any atom is -0.337 e. The van der Waals surface area contributed by atoms with Gasteiger partial charge >= 0.3 is 0 Å². The number of nitrogens with one attached hydrogen (secondary N) is 1. The molecule has 2 rings (SSSR count). The Morgan fingerprint density at radius 3 is 2.84 bits per heavy atom. The van der Waals surface area contributed by atoms with Gasteiger partial charge in [0.15, 0.2) is 0 Å². The predicted molar refractivity (Wildman–Crippen MR) is 71.9 cm³/mol. The summed E-state index contributed by atoms with van der Waals surface area (Å²) in [6.07, 6.45) is 3.60. The Balaban J connectivity index is 1.96. The van der Waals surface area contributed by atoms with E-state index in [1.165, 1.54) is 12.1 Å². The van der Waals surface area contributed by atoms with Crippen LogP contribution in [0.5, 0.6) is 0 Å². The lowest BCUT2D eigenvalue weighted by atomic mass is 10.2. The SMILES string of the molecule is Cn1ccnc1CNCc1ccc([N+](=O)[O-])cc1Cl. The smallest absolute Gasteiger partial charge is 0.270 e. The number of imidazole rings is 1. The summed E-state index contributed by atoms with van der Waals surface area (Å²) in [5, 5.41) is 14.2. The molecule has 0 aliphatic carbocycles. The second kappa shape index (κ2) is 5.81. The maximum absolute atomic E-state index is 10.6. The van der Waals surface area contributed by atoms with Gasteiger partial charge in [0.25, 0.3) is 5.69 Å². The molecule has 0 atom stereocenters. The maximum Gasteiger partial charge on any atom is 0.270 e. The molecule has 1 aromatic heterocycles. The fourth-order valence-corrected chi connectivity index (χ4v) is 1.91. The summed E-state index contributed by atoms with van der Waals surface area (Å²) in [7, 11) is 1.92. The van der Waals surface area contributed by atoms with Gasteiger partial charge < -0.3 is 9.88 Å². The van der Waals surface area contributed by atoms with Gasteiger partial charge in [0.2, 0.25) is 0 Å². The first-order valence-electron chi connectivity index (χ1n) is 5.67. The normalized spacial score (nSPS) is 10.6. The number of non-ortho nitro benzene ring substituents is 1. The van der Waals surface area contributed by atoms with E-state index in [4.69, 9.17) is 11.6 Å². The van der Waals surface area contributed by atoms with E-state index in [1.807, 2.05) is 17.8 Å². The first-order valence-corrected chi connectivity index (χ1v) is 6.05. The van der Waals surface area contributed by atoms with Crippen molar-refractivity contribution in [1.82, 2.24) is 14.9 Å². The zero-order valence-corrected chi connectivity index (χ0v) is 11.1. The molecule has 1 aromatic carbocycles. The zero-order valence-electron chi connectivity index (χ0n) is 10.3. The van der Waals surface area contributed by atoms with Crippen LogP contribution in [0.15, 0.2) is 30.6 Å². The Kier molecular flexibility index (Phi) is 4.13. The van der Waals surface area contributed by atoms with Crippen LogP contribution in [-0.2, 0) is 20.1 Å². The number of hydrogen-bond donors (Lipinski definition) is 1. The van der Waals surface area contributed by atoms with Crippen molar-refractivity contribution in [2.24, 2.45) is 7.05 Å². The van der Waals surface area contributed by atoms with Gasteiger partial charge in [-0.3, -0.25) is 10.1 Å². The van der Waals surface area contributed by atoms with Crippen LogP contribution in [0.2, 0.25) is 5.02 Å². The molecule has 0 aliphatic rings. The van der Waals surface area contributed by atoms with Gasteiger partial charge in [-0.25, -0.2) is 4.98 Å². The van der Waals surface area contributed by atoms with E-state index < -0.39 is 4.92 Å². The van der Waals surface area contributed by atoms with Crippen molar-refractivity contribution in [3.8, 4) is 0 Å². The molecule has 0 spiro atoms. The number of nitro groups is 1. The number of hydrogen-bond acceptors (Lipinski definition) is 4. The predicted octanol–water partition coefficient (Wildman–Crippen LogP) is 2.27. The molecule has 2 aromatic rings. The van der Waals surface area contributed by atoms with E-state index in [9.17, 15) is 10.1 Å². The summed E-state index contributed by atoms with van der Waals surface area (Å²) in [5.74, 6) is 0.915. The number of nitrogens with zero attached hydrogens (tertiary/aromatic N) is 3. The molecule has 0 radical (unpaired) electrons. The van der Waals surface area contributed by atoms with Gasteiger partial charge in [0.05, 0.1) is 16.5 Å². The third-order valence-corrected chi connectivity index (χ3v) is 3.12. The van der Waals surface area contributed by atoms with Crippen LogP contribution in [0.3, 0.4) is 0 Å². The monoisotopic (exact) mass is 280 g/mol. The Labute approximate surface area is 115 Å². The summed E-state index contributed by atoms with van der Waals surface area (Å²) in [6, 6.07) is 4.47. The highest BCUT2D eigenvalue weighted by Crippen LogP contribution is 2.22. The van der Waals surface area contributed by atoms with Gasteiger partial charge in [-0.1, -0.05) is 11.6 Å². The fourth-order valence-electron chi connectivity index (χ4n) is 1.67. The molecule has 0 fully saturated rings. The van der Waals surface area contributed by atoms with Crippen molar-refractivity contribution in [1.29, 1.82) is 0 Å². The second-order valence-corrected chi connectivity index (χ2v) is 4.50. The largest absolute Gasteiger partial charge is 0.337 e. The molecule has 1 N–H and O–H groups in total. The maximum atomic E-state index is 10.6. The van der Waals surface area contributed by atoms with E-state index in [0.29, 0.717) is 18.1 Å². The number of halogens is 1. The molecule has 0 saturated carbocycles. The molecule has 6 nitrogen and oxygen atoms in total. The topological polar surface area (TPSA) is 73.0 Å². The van der Waals surface area contributed by atoms with Gasteiger partial charge in [0, 0.05) is 38.1 Å². The van der Waals surface area contributed by atoms with Crippen molar-refractivity contribution < 1.29 is 4.92 Å². The quantitative estimate of drug-likeness (QED) is 0.673. The number of aryl methyl sites for hydroxylation is 1. The molecule has 7 heteroatoms. The van der Waals surface area contributed by atoms with Crippen LogP contribution in [0.4, 0.5) is 5.69 Å². The third-order valence-electron chi connectivity index (χ3n) is 2.77. The number of nitro benzene ring substituents is 1. The Bertz CT molecular complexity index is 597. The lowest BCUT2D eigenvalue weighted by molar-refractivity contribution is -0.384. The Morgan fingerprint density at radius 2 is 2.26 bits per heavy atom. The highest BCUT2D eigenvalue weighted by molar-refractivity contribution is 6.31. The number of aromatic nitrogens is 2. The first kappa shape index (κ1) is 13.5. The average Bonchev–Trinajstić information content (AvgIpc) is 2.77. The summed E-state index contributed by atoms with van der Waals surface area (Å²) in [5.41, 5.74) is 0.819. The molecule has 0 unspecified atom stereocenters. The van der Waals surface area contributed by atoms with Crippen LogP contribution in [-0.4, -0.2) is 14.5 Å². The molecule has 19 heavy (non-hydrogen) atoms. The van der Waals surface area contributed by atoms with Crippen LogP contribution in [0.25, 0.3) is 0 Å². The average molecular weight is 281 g/mol. The molecule has 1 heterocycles. The van der Waals surface area contributed by atoms with Crippen molar-refractivity contribution in [3.05, 3.63) is 57.1 Å². The van der Waals surface area contributed by atoms with Crippen LogP contribution in [0, 0.1) is 10.1 Å². The molecular weight excluding hydrogens is 268 g/mol. The zero-order chi connectivity index (χ0) is 13.8. The molecule has 100 valence electrons. The molecule has 0 bridgehead atoms. The third kappa shape index (κ3) is 3.30. The van der Waals surface area contributed by atoms with Crippen molar-refractivity contribution in [2.45, 2.75) is 13.1 Å². The summed E-state index contributed by atoms with van der Waals surface area (Å²) in [6.45, 7) is 1.14. The van der Waals surface area contributed by atoms with Crippen LogP contribution in [0.1, 0.15) is 11.4 Å². The lowest BCUT2D eigenvalue weighted by Gasteiger charge is -2.06. The van der Waals surface area contributed by atoms with Crippen molar-refractivity contribution in [2.75, 3.05) is 0 Å². The first-order chi connectivity index (χ1) is 9.08. The summed E-state index contributed by atoms with van der Waals surface area (Å²) in [4.78, 5) is 14.3. The van der Waals surface area contributed by atoms with Gasteiger partial charge in [-0.15, -0.1) is 0 Å². The fraction of sp³-hybridized carbons (Fsp3) is 0.250. The van der Waals surface area contributed by atoms with Crippen molar-refractivity contribution in [3.63, 3.8) is 0 Å². The molecule has 0 saturated heterocycles. The summed E-state index contributed by atoms with van der Waals surface area (Å²) >= 11 is 6.00. The van der Waals surface area contributed by atoms with E-state index in [-0.39, 0.29) is 5.69 Å². The van der Waals surface area contributed by atoms with Gasteiger partial charge in [0.1, 0.15) is 5.82 Å². The minimum atomic E-state index is -0.461. The molecule has 0 aliphatic heterocycles. The molecule has 0 amide bonds. The van der Waals surface area contributed by atoms with E-state index in [2.05, 4.69) is 10.3 Å². The Morgan fingerprint density at radius 1 is 1.47 bits per heavy atom. The van der Waals surface area contributed by atoms with Crippen LogP contribution >= 0.6 is 11.6 Å². The minimum absolute atomic E-state index is 0.00199. The lowest BCUT2D eigenvalue weighted by Crippen LogP contribution is -2.15. The highest BCUT2D eigenvalue weighted by atomic mass is 35.5. The van der Waals surface area contributed by atoms with E-state index >= 15 is 0 Å². The summed E-state index contributed by atoms with van der Waals surface area (Å²) < 4.78 is 1.92. The number of benzene rings is 1. The standard InChI is InChI=1S/C12H13ClN4O2/c1-16-5-4-15-12(16)8-14-7-9-2-3-10(17(18)19)6-11(9)13/h2-6,14H,7-8H2,1H3. The second-order valence-electron chi connectivity index (χ2n) is 4.09. The highest BCUT2D eigenvalue weighted by Gasteiger charge is 2.09. The van der Waals surface area contributed by atoms with Gasteiger partial charge in [-0.05, 0) is 11.6 Å². The van der Waals surface area contributed by atoms with E-state index in [0.717, 1.165) is 11.4 Å². The Hall–Kier alpha value is -1.92. The number of rotatable bonds is 5. The van der Waals surface area contributed by atoms with E-state index in [1.54, 1.807) is 12.3 Å². The molecular formula is C12H13ClN4O2. The van der Waals surface area contributed by atoms with Crippen LogP contribution < -0.4 is 5.32 Å². The van der Waals surface area contributed by atoms with Gasteiger partial charge in [-0.2, -0.15) is 0 Å². The van der Waals surface area contributed by atoms with Crippen molar-refractivity contribution >= 4 is 17.3 Å².